The van der Waals surface area contributed by atoms with Crippen LogP contribution in [0.2, 0.25) is 0 Å². The molecule has 2 saturated carbocycles. The van der Waals surface area contributed by atoms with Crippen molar-refractivity contribution in [1.29, 1.82) is 0 Å². The fourth-order valence-corrected chi connectivity index (χ4v) is 5.38. The van der Waals surface area contributed by atoms with Crippen LogP contribution in [-0.4, -0.2) is 48.2 Å². The molecule has 0 saturated heterocycles. The second kappa shape index (κ2) is 9.76. The predicted octanol–water partition coefficient (Wildman–Crippen LogP) is 5.29. The van der Waals surface area contributed by atoms with Crippen LogP contribution in [0.25, 0.3) is 10.4 Å². The van der Waals surface area contributed by atoms with Gasteiger partial charge in [0, 0.05) is 12.5 Å². The Morgan fingerprint density at radius 3 is 2.47 bits per heavy atom. The first-order valence-corrected chi connectivity index (χ1v) is 12.6. The average Bonchev–Trinajstić information content (AvgIpc) is 3.82. The average molecular weight is 479 g/mol. The summed E-state index contributed by atoms with van der Waals surface area (Å²) in [4.78, 5) is 21.4. The molecule has 1 atom stereocenters. The number of aromatic nitrogens is 1. The number of hydrogen-bond donors (Lipinski definition) is 1. The quantitative estimate of drug-likeness (QED) is 0.429. The number of rotatable bonds is 10. The van der Waals surface area contributed by atoms with E-state index in [0.29, 0.717) is 41.1 Å². The van der Waals surface area contributed by atoms with Gasteiger partial charge in [0.05, 0.1) is 36.8 Å². The van der Waals surface area contributed by atoms with E-state index in [1.54, 1.807) is 42.6 Å². The van der Waals surface area contributed by atoms with Gasteiger partial charge in [-0.1, -0.05) is 36.4 Å². The largest absolute Gasteiger partial charge is 0.493 e. The van der Waals surface area contributed by atoms with Gasteiger partial charge in [-0.3, -0.25) is 4.79 Å². The Morgan fingerprint density at radius 2 is 1.82 bits per heavy atom. The Balaban J connectivity index is 1.43. The summed E-state index contributed by atoms with van der Waals surface area (Å²) in [5, 5.41) is 12.1. The molecule has 0 bridgehead atoms. The predicted molar refractivity (Wildman–Crippen MR) is 133 cm³/mol. The molecule has 1 unspecified atom stereocenters. The monoisotopic (exact) mass is 478 g/mol. The normalized spacial score (nSPS) is 16.2. The van der Waals surface area contributed by atoms with Crippen LogP contribution in [0.15, 0.2) is 48.5 Å². The van der Waals surface area contributed by atoms with Crippen LogP contribution in [0.5, 0.6) is 11.5 Å². The SMILES string of the molecule is COc1ccc(C(O)CN(CC2CC2)C(=O)c2nc(C3CC3)sc2-c2ccccc2)cc1OC. The number of aliphatic hydroxyl groups is 1. The Bertz CT molecular complexity index is 1150. The van der Waals surface area contributed by atoms with Gasteiger partial charge in [0.2, 0.25) is 0 Å². The molecular weight excluding hydrogens is 448 g/mol. The van der Waals surface area contributed by atoms with E-state index in [1.165, 1.54) is 0 Å². The first-order chi connectivity index (χ1) is 16.6. The standard InChI is InChI=1S/C27H30N2O4S/c1-32-22-13-12-20(14-23(22)33-2)21(30)16-29(15-17-8-9-17)27(31)24-25(18-6-4-3-5-7-18)34-26(28-24)19-10-11-19/h3-7,12-14,17,19,21,30H,8-11,15-16H2,1-2H3. The summed E-state index contributed by atoms with van der Waals surface area (Å²) in [6.07, 6.45) is 3.67. The van der Waals surface area contributed by atoms with Crippen LogP contribution in [0.3, 0.4) is 0 Å². The summed E-state index contributed by atoms with van der Waals surface area (Å²) < 4.78 is 10.7. The van der Waals surface area contributed by atoms with Gasteiger partial charge in [-0.25, -0.2) is 4.98 Å². The molecule has 1 amide bonds. The third-order valence-corrected chi connectivity index (χ3v) is 7.72. The van der Waals surface area contributed by atoms with E-state index in [4.69, 9.17) is 14.5 Å². The number of carbonyl (C=O) groups excluding carboxylic acids is 1. The number of benzene rings is 2. The van der Waals surface area contributed by atoms with Crippen molar-refractivity contribution in [1.82, 2.24) is 9.88 Å². The maximum atomic E-state index is 13.9. The lowest BCUT2D eigenvalue weighted by atomic mass is 10.1. The molecule has 1 N–H and O–H groups in total. The number of thiazole rings is 1. The smallest absolute Gasteiger partial charge is 0.274 e. The van der Waals surface area contributed by atoms with E-state index in [9.17, 15) is 9.90 Å². The fraction of sp³-hybridized carbons (Fsp3) is 0.407. The third-order valence-electron chi connectivity index (χ3n) is 6.46. The van der Waals surface area contributed by atoms with Crippen LogP contribution in [0.1, 0.15) is 58.8 Å². The van der Waals surface area contributed by atoms with Gasteiger partial charge in [0.15, 0.2) is 11.5 Å². The van der Waals surface area contributed by atoms with Crippen molar-refractivity contribution >= 4 is 17.2 Å². The molecule has 1 heterocycles. The first kappa shape index (κ1) is 22.9. The van der Waals surface area contributed by atoms with E-state index in [-0.39, 0.29) is 12.5 Å². The van der Waals surface area contributed by atoms with Gasteiger partial charge in [-0.05, 0) is 54.9 Å². The van der Waals surface area contributed by atoms with Crippen molar-refractivity contribution in [3.05, 3.63) is 64.8 Å². The Labute approximate surface area is 204 Å². The number of hydrogen-bond acceptors (Lipinski definition) is 6. The molecule has 0 radical (unpaired) electrons. The van der Waals surface area contributed by atoms with Crippen molar-refractivity contribution in [2.24, 2.45) is 5.92 Å². The minimum Gasteiger partial charge on any atom is -0.493 e. The van der Waals surface area contributed by atoms with Crippen LogP contribution in [-0.2, 0) is 0 Å². The fourth-order valence-electron chi connectivity index (χ4n) is 4.15. The zero-order valence-electron chi connectivity index (χ0n) is 19.6. The molecule has 2 aromatic carbocycles. The summed E-state index contributed by atoms with van der Waals surface area (Å²) in [6.45, 7) is 0.836. The zero-order valence-corrected chi connectivity index (χ0v) is 20.4. The highest BCUT2D eigenvalue weighted by Crippen LogP contribution is 2.45. The molecule has 34 heavy (non-hydrogen) atoms. The highest BCUT2D eigenvalue weighted by Gasteiger charge is 2.34. The second-order valence-corrected chi connectivity index (χ2v) is 10.2. The molecule has 2 aliphatic rings. The molecule has 2 fully saturated rings. The summed E-state index contributed by atoms with van der Waals surface area (Å²) in [5.74, 6) is 2.02. The molecular formula is C27H30N2O4S. The number of carbonyl (C=O) groups is 1. The van der Waals surface area contributed by atoms with E-state index in [2.05, 4.69) is 0 Å². The first-order valence-electron chi connectivity index (χ1n) is 11.8. The molecule has 0 aliphatic heterocycles. The molecule has 3 aromatic rings. The van der Waals surface area contributed by atoms with Crippen molar-refractivity contribution in [2.45, 2.75) is 37.7 Å². The molecule has 6 nitrogen and oxygen atoms in total. The number of amides is 1. The van der Waals surface area contributed by atoms with E-state index < -0.39 is 6.10 Å². The minimum atomic E-state index is -0.843. The van der Waals surface area contributed by atoms with Crippen LogP contribution >= 0.6 is 11.3 Å². The highest BCUT2D eigenvalue weighted by molar-refractivity contribution is 7.15. The van der Waals surface area contributed by atoms with Gasteiger partial charge >= 0.3 is 0 Å². The zero-order chi connectivity index (χ0) is 23.7. The van der Waals surface area contributed by atoms with Crippen LogP contribution in [0, 0.1) is 5.92 Å². The lowest BCUT2D eigenvalue weighted by molar-refractivity contribution is 0.0606. The topological polar surface area (TPSA) is 71.9 Å². The van der Waals surface area contributed by atoms with Crippen molar-refractivity contribution < 1.29 is 19.4 Å². The van der Waals surface area contributed by atoms with Crippen molar-refractivity contribution in [2.75, 3.05) is 27.3 Å². The molecule has 5 rings (SSSR count). The summed E-state index contributed by atoms with van der Waals surface area (Å²) in [7, 11) is 3.15. The van der Waals surface area contributed by atoms with Gasteiger partial charge in [0.25, 0.3) is 5.91 Å². The Kier molecular flexibility index (Phi) is 6.57. The second-order valence-electron chi connectivity index (χ2n) is 9.15. The number of aliphatic hydroxyl groups excluding tert-OH is 1. The van der Waals surface area contributed by atoms with Gasteiger partial charge < -0.3 is 19.5 Å². The molecule has 0 spiro atoms. The maximum Gasteiger partial charge on any atom is 0.274 e. The highest BCUT2D eigenvalue weighted by atomic mass is 32.1. The number of nitrogens with zero attached hydrogens (tertiary/aromatic N) is 2. The molecule has 7 heteroatoms. The van der Waals surface area contributed by atoms with Crippen molar-refractivity contribution in [3.8, 4) is 21.9 Å². The van der Waals surface area contributed by atoms with Crippen LogP contribution < -0.4 is 9.47 Å². The van der Waals surface area contributed by atoms with Gasteiger partial charge in [-0.15, -0.1) is 11.3 Å². The van der Waals surface area contributed by atoms with Gasteiger partial charge in [-0.2, -0.15) is 0 Å². The van der Waals surface area contributed by atoms with E-state index in [0.717, 1.165) is 41.1 Å². The van der Waals surface area contributed by atoms with Gasteiger partial charge in [0.1, 0.15) is 5.69 Å². The summed E-state index contributed by atoms with van der Waals surface area (Å²) >= 11 is 1.64. The minimum absolute atomic E-state index is 0.103. The molecule has 178 valence electrons. The molecule has 2 aliphatic carbocycles. The lowest BCUT2D eigenvalue weighted by Gasteiger charge is -2.26. The van der Waals surface area contributed by atoms with E-state index >= 15 is 0 Å². The number of methoxy groups -OCH3 is 2. The third kappa shape index (κ3) is 4.95. The van der Waals surface area contributed by atoms with E-state index in [1.807, 2.05) is 36.4 Å². The summed E-state index contributed by atoms with van der Waals surface area (Å²) in [6, 6.07) is 15.4. The van der Waals surface area contributed by atoms with Crippen molar-refractivity contribution in [3.63, 3.8) is 0 Å². The van der Waals surface area contributed by atoms with Crippen LogP contribution in [0.4, 0.5) is 0 Å². The maximum absolute atomic E-state index is 13.9. The number of ether oxygens (including phenoxy) is 2. The summed E-state index contributed by atoms with van der Waals surface area (Å²) in [5.41, 5.74) is 2.21. The Morgan fingerprint density at radius 1 is 1.09 bits per heavy atom. The lowest BCUT2D eigenvalue weighted by Crippen LogP contribution is -2.37. The Hall–Kier alpha value is -2.90. The molecule has 1 aromatic heterocycles.